The van der Waals surface area contributed by atoms with Crippen LogP contribution in [0.2, 0.25) is 0 Å². The summed E-state index contributed by atoms with van der Waals surface area (Å²) in [6, 6.07) is 3.59. The lowest BCUT2D eigenvalue weighted by molar-refractivity contribution is -0.276. The molecule has 0 unspecified atom stereocenters. The van der Waals surface area contributed by atoms with E-state index >= 15 is 0 Å². The van der Waals surface area contributed by atoms with E-state index in [1.807, 2.05) is 5.43 Å². The Labute approximate surface area is 123 Å². The Bertz CT molecular complexity index is 660. The van der Waals surface area contributed by atoms with Crippen LogP contribution in [-0.4, -0.2) is 17.2 Å². The summed E-state index contributed by atoms with van der Waals surface area (Å²) in [5.74, 6) is -4.20. The highest BCUT2D eigenvalue weighted by atomic mass is 79.9. The number of nitrogens with zero attached hydrogens (tertiary/aromatic N) is 3. The Hall–Kier alpha value is -2.53. The second kappa shape index (κ2) is 6.28. The molecule has 0 aliphatic rings. The summed E-state index contributed by atoms with van der Waals surface area (Å²) in [6.45, 7) is 0. The third kappa shape index (κ3) is 4.22. The zero-order valence-electron chi connectivity index (χ0n) is 9.66. The van der Waals surface area contributed by atoms with E-state index < -0.39 is 39.6 Å². The molecule has 0 aliphatic heterocycles. The van der Waals surface area contributed by atoms with Gasteiger partial charge in [0.05, 0.1) is 4.47 Å². The summed E-state index contributed by atoms with van der Waals surface area (Å²) in [4.78, 5) is 0. The van der Waals surface area contributed by atoms with E-state index in [2.05, 4.69) is 25.8 Å². The second-order valence-electron chi connectivity index (χ2n) is 3.24. The van der Waals surface area contributed by atoms with Gasteiger partial charge in [0.1, 0.15) is 17.8 Å². The number of aromatic hydroxyl groups is 1. The normalized spacial score (nSPS) is 10.2. The smallest absolute Gasteiger partial charge is 0.503 e. The molecule has 1 aromatic rings. The quantitative estimate of drug-likeness (QED) is 0.370. The van der Waals surface area contributed by atoms with E-state index in [1.165, 1.54) is 12.1 Å². The molecule has 6 nitrogen and oxygen atoms in total. The summed E-state index contributed by atoms with van der Waals surface area (Å²) < 4.78 is 52.8. The summed E-state index contributed by atoms with van der Waals surface area (Å²) in [6.07, 6.45) is -5.23. The zero-order valence-corrected chi connectivity index (χ0v) is 11.3. The number of benzene rings is 1. The number of hydrogen-bond acceptors (Lipinski definition) is 6. The fraction of sp³-hybridized carbons (Fsp3) is 0.100. The van der Waals surface area contributed by atoms with Gasteiger partial charge < -0.3 is 9.84 Å². The van der Waals surface area contributed by atoms with Gasteiger partial charge in [-0.25, -0.2) is 4.39 Å². The molecule has 0 radical (unpaired) electrons. The predicted octanol–water partition coefficient (Wildman–Crippen LogP) is 3.01. The number of hydrogen-bond donors (Lipinski definition) is 2. The first-order chi connectivity index (χ1) is 9.69. The molecule has 0 fully saturated rings. The molecular formula is C10H3BrF4N4O2. The van der Waals surface area contributed by atoms with Crippen LogP contribution in [0.5, 0.6) is 11.5 Å². The van der Waals surface area contributed by atoms with Crippen molar-refractivity contribution < 1.29 is 27.4 Å². The number of halogens is 5. The van der Waals surface area contributed by atoms with Crippen molar-refractivity contribution in [1.29, 1.82) is 10.5 Å². The van der Waals surface area contributed by atoms with Crippen LogP contribution >= 0.6 is 15.9 Å². The molecule has 1 rings (SSSR count). The minimum atomic E-state index is -5.23. The molecule has 0 aliphatic carbocycles. The molecule has 2 N–H and O–H groups in total. The largest absolute Gasteiger partial charge is 0.573 e. The number of nitriles is 2. The predicted molar refractivity (Wildman–Crippen MR) is 64.7 cm³/mol. The van der Waals surface area contributed by atoms with Crippen molar-refractivity contribution in [3.8, 4) is 23.6 Å². The minimum Gasteiger partial charge on any atom is -0.503 e. The van der Waals surface area contributed by atoms with Gasteiger partial charge in [0.2, 0.25) is 11.5 Å². The highest BCUT2D eigenvalue weighted by molar-refractivity contribution is 9.10. The monoisotopic (exact) mass is 366 g/mol. The molecule has 0 atom stereocenters. The first-order valence-corrected chi connectivity index (χ1v) is 5.59. The van der Waals surface area contributed by atoms with Crippen LogP contribution in [0.3, 0.4) is 0 Å². The Morgan fingerprint density at radius 2 is 1.95 bits per heavy atom. The summed E-state index contributed by atoms with van der Waals surface area (Å²) in [5.41, 5.74) is 0.790. The Kier molecular flexibility index (Phi) is 4.94. The molecule has 0 bridgehead atoms. The maximum Gasteiger partial charge on any atom is 0.573 e. The van der Waals surface area contributed by atoms with Gasteiger partial charge in [0.25, 0.3) is 0 Å². The molecule has 0 aromatic heterocycles. The fourth-order valence-electron chi connectivity index (χ4n) is 1.08. The van der Waals surface area contributed by atoms with Gasteiger partial charge in [-0.2, -0.15) is 15.6 Å². The Morgan fingerprint density at radius 3 is 2.43 bits per heavy atom. The van der Waals surface area contributed by atoms with Crippen LogP contribution in [0.4, 0.5) is 23.2 Å². The van der Waals surface area contributed by atoms with Gasteiger partial charge in [0, 0.05) is 0 Å². The maximum atomic E-state index is 13.5. The van der Waals surface area contributed by atoms with Crippen LogP contribution in [0.15, 0.2) is 15.6 Å². The van der Waals surface area contributed by atoms with Crippen LogP contribution in [0.25, 0.3) is 0 Å². The van der Waals surface area contributed by atoms with E-state index in [0.717, 1.165) is 6.07 Å². The number of alkyl halides is 3. The van der Waals surface area contributed by atoms with E-state index in [1.54, 1.807) is 0 Å². The number of phenolic OH excluding ortho intramolecular Hbond substituents is 1. The zero-order chi connectivity index (χ0) is 16.2. The minimum absolute atomic E-state index is 0.465. The first kappa shape index (κ1) is 16.5. The lowest BCUT2D eigenvalue weighted by Crippen LogP contribution is -2.18. The van der Waals surface area contributed by atoms with Crippen molar-refractivity contribution in [2.75, 3.05) is 5.43 Å². The fourth-order valence-corrected chi connectivity index (χ4v) is 1.49. The van der Waals surface area contributed by atoms with E-state index in [4.69, 9.17) is 10.5 Å². The van der Waals surface area contributed by atoms with Gasteiger partial charge >= 0.3 is 6.36 Å². The molecule has 0 amide bonds. The number of anilines is 1. The van der Waals surface area contributed by atoms with Crippen molar-refractivity contribution >= 4 is 27.3 Å². The topological polar surface area (TPSA) is 101 Å². The SMILES string of the molecule is N#CC(C#N)=NNc1cc(Br)c(F)c(OC(F)(F)F)c1O. The number of hydrazone groups is 1. The molecule has 0 heterocycles. The van der Waals surface area contributed by atoms with Crippen molar-refractivity contribution in [2.45, 2.75) is 6.36 Å². The van der Waals surface area contributed by atoms with Crippen LogP contribution in [0.1, 0.15) is 0 Å². The molecule has 1 aromatic carbocycles. The summed E-state index contributed by atoms with van der Waals surface area (Å²) in [5, 5.41) is 29.6. The molecule has 0 saturated carbocycles. The van der Waals surface area contributed by atoms with Gasteiger partial charge in [-0.3, -0.25) is 5.43 Å². The van der Waals surface area contributed by atoms with E-state index in [9.17, 15) is 22.7 Å². The lowest BCUT2D eigenvalue weighted by Gasteiger charge is -2.14. The number of phenols is 1. The number of rotatable bonds is 3. The third-order valence-electron chi connectivity index (χ3n) is 1.87. The van der Waals surface area contributed by atoms with Crippen LogP contribution in [-0.2, 0) is 0 Å². The molecule has 0 saturated heterocycles. The van der Waals surface area contributed by atoms with Crippen LogP contribution < -0.4 is 10.2 Å². The van der Waals surface area contributed by atoms with Crippen molar-refractivity contribution in [2.24, 2.45) is 5.10 Å². The average Bonchev–Trinajstić information content (AvgIpc) is 2.40. The highest BCUT2D eigenvalue weighted by Crippen LogP contribution is 2.42. The number of ether oxygens (including phenoxy) is 1. The van der Waals surface area contributed by atoms with Crippen molar-refractivity contribution in [3.05, 3.63) is 16.4 Å². The maximum absolute atomic E-state index is 13.5. The van der Waals surface area contributed by atoms with Crippen molar-refractivity contribution in [1.82, 2.24) is 0 Å². The second-order valence-corrected chi connectivity index (χ2v) is 4.10. The first-order valence-electron chi connectivity index (χ1n) is 4.80. The summed E-state index contributed by atoms with van der Waals surface area (Å²) in [7, 11) is 0. The van der Waals surface area contributed by atoms with Crippen LogP contribution in [0, 0.1) is 28.5 Å². The molecular weight excluding hydrogens is 364 g/mol. The van der Waals surface area contributed by atoms with Gasteiger partial charge in [-0.1, -0.05) is 0 Å². The Balaban J connectivity index is 3.28. The van der Waals surface area contributed by atoms with Gasteiger partial charge in [-0.05, 0) is 22.0 Å². The molecule has 110 valence electrons. The standard InChI is InChI=1S/C10H3BrF4N4O2/c11-5-1-6(19-18-4(2-16)3-17)8(20)9(7(5)12)21-10(13,14)15/h1,19-20H. The molecule has 21 heavy (non-hydrogen) atoms. The average molecular weight is 367 g/mol. The van der Waals surface area contributed by atoms with Gasteiger partial charge in [0.15, 0.2) is 11.6 Å². The molecule has 11 heteroatoms. The third-order valence-corrected chi connectivity index (χ3v) is 2.45. The number of nitrogens with one attached hydrogen (secondary N) is 1. The Morgan fingerprint density at radius 1 is 1.38 bits per heavy atom. The lowest BCUT2D eigenvalue weighted by atomic mass is 10.2. The molecule has 0 spiro atoms. The summed E-state index contributed by atoms with van der Waals surface area (Å²) >= 11 is 2.63. The van der Waals surface area contributed by atoms with E-state index in [-0.39, 0.29) is 0 Å². The van der Waals surface area contributed by atoms with E-state index in [0.29, 0.717) is 0 Å². The van der Waals surface area contributed by atoms with Crippen molar-refractivity contribution in [3.63, 3.8) is 0 Å². The highest BCUT2D eigenvalue weighted by Gasteiger charge is 2.35. The van der Waals surface area contributed by atoms with Gasteiger partial charge in [-0.15, -0.1) is 13.2 Å².